The summed E-state index contributed by atoms with van der Waals surface area (Å²) in [6.45, 7) is 1.96. The van der Waals surface area contributed by atoms with Gasteiger partial charge in [0.15, 0.2) is 0 Å². The highest BCUT2D eigenvalue weighted by Crippen LogP contribution is 2.24. The Kier molecular flexibility index (Phi) is 3.16. The normalized spacial score (nSPS) is 25.5. The maximum atomic E-state index is 5.43. The Balaban J connectivity index is 2.05. The van der Waals surface area contributed by atoms with Crippen molar-refractivity contribution in [3.63, 3.8) is 0 Å². The van der Waals surface area contributed by atoms with Crippen LogP contribution in [0.5, 0.6) is 0 Å². The molecule has 1 aromatic heterocycles. The molecule has 0 amide bonds. The van der Waals surface area contributed by atoms with E-state index >= 15 is 0 Å². The second kappa shape index (κ2) is 4.57. The third-order valence-corrected chi connectivity index (χ3v) is 2.96. The maximum Gasteiger partial charge on any atom is 0.147 e. The summed E-state index contributed by atoms with van der Waals surface area (Å²) in [5.74, 6) is 0.881. The van der Waals surface area contributed by atoms with Gasteiger partial charge in [0, 0.05) is 19.5 Å². The zero-order valence-corrected chi connectivity index (χ0v) is 9.23. The van der Waals surface area contributed by atoms with E-state index in [1.165, 1.54) is 6.42 Å². The number of ether oxygens (including phenoxy) is 1. The molecule has 2 unspecified atom stereocenters. The number of anilines is 1. The van der Waals surface area contributed by atoms with Crippen LogP contribution in [0, 0.1) is 6.92 Å². The summed E-state index contributed by atoms with van der Waals surface area (Å²) in [6.07, 6.45) is 7.23. The van der Waals surface area contributed by atoms with Gasteiger partial charge < -0.3 is 10.1 Å². The maximum absolute atomic E-state index is 5.43. The van der Waals surface area contributed by atoms with Crippen LogP contribution in [-0.4, -0.2) is 29.2 Å². The summed E-state index contributed by atoms with van der Waals surface area (Å²) in [7, 11) is 1.77. The molecule has 0 saturated heterocycles. The highest BCUT2D eigenvalue weighted by atomic mass is 16.5. The number of hydrogen-bond donors (Lipinski definition) is 1. The SMILES string of the molecule is COC1CCCC1Nc1nccnc1C. The molecule has 1 N–H and O–H groups in total. The molecule has 4 heteroatoms. The van der Waals surface area contributed by atoms with E-state index in [0.717, 1.165) is 24.4 Å². The standard InChI is InChI=1S/C11H17N3O/c1-8-11(13-7-6-12-8)14-9-4-3-5-10(9)15-2/h6-7,9-10H,3-5H2,1-2H3,(H,13,14). The third kappa shape index (κ3) is 2.26. The summed E-state index contributed by atoms with van der Waals surface area (Å²) < 4.78 is 5.43. The lowest BCUT2D eigenvalue weighted by Gasteiger charge is -2.20. The first-order valence-electron chi connectivity index (χ1n) is 5.38. The predicted molar refractivity (Wildman–Crippen MR) is 58.8 cm³/mol. The molecule has 2 atom stereocenters. The quantitative estimate of drug-likeness (QED) is 0.820. The third-order valence-electron chi connectivity index (χ3n) is 2.96. The molecule has 0 spiro atoms. The van der Waals surface area contributed by atoms with Gasteiger partial charge in [0.25, 0.3) is 0 Å². The zero-order chi connectivity index (χ0) is 10.7. The molecular formula is C11H17N3O. The van der Waals surface area contributed by atoms with Crippen LogP contribution in [0.3, 0.4) is 0 Å². The molecule has 0 aliphatic heterocycles. The fourth-order valence-electron chi connectivity index (χ4n) is 2.10. The average Bonchev–Trinajstić information content (AvgIpc) is 2.69. The van der Waals surface area contributed by atoms with Gasteiger partial charge in [0.2, 0.25) is 0 Å². The molecule has 15 heavy (non-hydrogen) atoms. The van der Waals surface area contributed by atoms with Crippen molar-refractivity contribution in [1.82, 2.24) is 9.97 Å². The van der Waals surface area contributed by atoms with E-state index < -0.39 is 0 Å². The summed E-state index contributed by atoms with van der Waals surface area (Å²) in [4.78, 5) is 8.49. The minimum atomic E-state index is 0.311. The van der Waals surface area contributed by atoms with E-state index in [-0.39, 0.29) is 0 Å². The van der Waals surface area contributed by atoms with Gasteiger partial charge in [-0.2, -0.15) is 0 Å². The smallest absolute Gasteiger partial charge is 0.147 e. The van der Waals surface area contributed by atoms with Gasteiger partial charge in [-0.25, -0.2) is 4.98 Å². The van der Waals surface area contributed by atoms with Crippen molar-refractivity contribution in [3.05, 3.63) is 18.1 Å². The molecule has 1 aromatic rings. The fraction of sp³-hybridized carbons (Fsp3) is 0.636. The summed E-state index contributed by atoms with van der Waals surface area (Å²) >= 11 is 0. The molecule has 4 nitrogen and oxygen atoms in total. The molecule has 2 rings (SSSR count). The Hall–Kier alpha value is -1.16. The Morgan fingerprint density at radius 3 is 2.87 bits per heavy atom. The summed E-state index contributed by atoms with van der Waals surface area (Å²) in [6, 6.07) is 0.380. The molecule has 0 radical (unpaired) electrons. The van der Waals surface area contributed by atoms with Crippen LogP contribution in [0.2, 0.25) is 0 Å². The average molecular weight is 207 g/mol. The predicted octanol–water partition coefficient (Wildman–Crippen LogP) is 1.76. The van der Waals surface area contributed by atoms with E-state index in [1.54, 1.807) is 19.5 Å². The van der Waals surface area contributed by atoms with Gasteiger partial charge >= 0.3 is 0 Å². The van der Waals surface area contributed by atoms with Gasteiger partial charge in [-0.3, -0.25) is 4.98 Å². The molecule has 82 valence electrons. The fourth-order valence-corrected chi connectivity index (χ4v) is 2.10. The van der Waals surface area contributed by atoms with Crippen molar-refractivity contribution < 1.29 is 4.74 Å². The molecule has 1 saturated carbocycles. The largest absolute Gasteiger partial charge is 0.379 e. The molecule has 1 aliphatic carbocycles. The molecule has 0 bridgehead atoms. The molecule has 1 heterocycles. The lowest BCUT2D eigenvalue weighted by atomic mass is 10.2. The van der Waals surface area contributed by atoms with Gasteiger partial charge in [-0.05, 0) is 26.2 Å². The van der Waals surface area contributed by atoms with Crippen molar-refractivity contribution >= 4 is 5.82 Å². The number of nitrogens with one attached hydrogen (secondary N) is 1. The van der Waals surface area contributed by atoms with E-state index in [9.17, 15) is 0 Å². The Labute approximate surface area is 90.1 Å². The lowest BCUT2D eigenvalue weighted by Crippen LogP contribution is -2.30. The minimum Gasteiger partial charge on any atom is -0.379 e. The van der Waals surface area contributed by atoms with Crippen molar-refractivity contribution in [1.29, 1.82) is 0 Å². The number of rotatable bonds is 3. The van der Waals surface area contributed by atoms with Crippen molar-refractivity contribution in [2.75, 3.05) is 12.4 Å². The number of nitrogens with zero attached hydrogens (tertiary/aromatic N) is 2. The second-order valence-corrected chi connectivity index (χ2v) is 3.95. The first-order chi connectivity index (χ1) is 7.31. The molecular weight excluding hydrogens is 190 g/mol. The van der Waals surface area contributed by atoms with E-state index in [0.29, 0.717) is 12.1 Å². The topological polar surface area (TPSA) is 47.0 Å². The monoisotopic (exact) mass is 207 g/mol. The second-order valence-electron chi connectivity index (χ2n) is 3.95. The molecule has 1 fully saturated rings. The van der Waals surface area contributed by atoms with Crippen LogP contribution in [0.25, 0.3) is 0 Å². The van der Waals surface area contributed by atoms with Crippen LogP contribution in [0.1, 0.15) is 25.0 Å². The van der Waals surface area contributed by atoms with E-state index in [4.69, 9.17) is 4.74 Å². The minimum absolute atomic E-state index is 0.311. The zero-order valence-electron chi connectivity index (χ0n) is 9.23. The van der Waals surface area contributed by atoms with Gasteiger partial charge in [-0.15, -0.1) is 0 Å². The Morgan fingerprint density at radius 2 is 2.13 bits per heavy atom. The molecule has 1 aliphatic rings. The van der Waals surface area contributed by atoms with Crippen molar-refractivity contribution in [3.8, 4) is 0 Å². The number of methoxy groups -OCH3 is 1. The highest BCUT2D eigenvalue weighted by Gasteiger charge is 2.27. The number of hydrogen-bond acceptors (Lipinski definition) is 4. The first kappa shape index (κ1) is 10.4. The van der Waals surface area contributed by atoms with E-state index in [2.05, 4.69) is 15.3 Å². The van der Waals surface area contributed by atoms with Gasteiger partial charge in [0.1, 0.15) is 5.82 Å². The lowest BCUT2D eigenvalue weighted by molar-refractivity contribution is 0.101. The highest BCUT2D eigenvalue weighted by molar-refractivity contribution is 5.40. The van der Waals surface area contributed by atoms with Crippen molar-refractivity contribution in [2.45, 2.75) is 38.3 Å². The summed E-state index contributed by atoms with van der Waals surface area (Å²) in [5.41, 5.74) is 0.944. The first-order valence-corrected chi connectivity index (χ1v) is 5.38. The van der Waals surface area contributed by atoms with E-state index in [1.807, 2.05) is 6.92 Å². The number of aryl methyl sites for hydroxylation is 1. The van der Waals surface area contributed by atoms with Crippen molar-refractivity contribution in [2.24, 2.45) is 0 Å². The van der Waals surface area contributed by atoms with Crippen LogP contribution < -0.4 is 5.32 Å². The summed E-state index contributed by atoms with van der Waals surface area (Å²) in [5, 5.41) is 3.41. The van der Waals surface area contributed by atoms with Crippen LogP contribution in [0.15, 0.2) is 12.4 Å². The van der Waals surface area contributed by atoms with Crippen LogP contribution in [-0.2, 0) is 4.74 Å². The Bertz CT molecular complexity index is 329. The van der Waals surface area contributed by atoms with Crippen LogP contribution in [0.4, 0.5) is 5.82 Å². The van der Waals surface area contributed by atoms with Gasteiger partial charge in [-0.1, -0.05) is 0 Å². The molecule has 0 aromatic carbocycles. The van der Waals surface area contributed by atoms with Crippen LogP contribution >= 0.6 is 0 Å². The van der Waals surface area contributed by atoms with Gasteiger partial charge in [0.05, 0.1) is 17.8 Å². The number of aromatic nitrogens is 2. The Morgan fingerprint density at radius 1 is 1.33 bits per heavy atom.